The smallest absolute Gasteiger partial charge is 0.201 e. The molecule has 0 amide bonds. The number of rotatable bonds is 2. The van der Waals surface area contributed by atoms with E-state index >= 15 is 0 Å². The molecule has 15 heavy (non-hydrogen) atoms. The molecule has 4 bridgehead atoms. The summed E-state index contributed by atoms with van der Waals surface area (Å²) in [5, 5.41) is 10.3. The van der Waals surface area contributed by atoms with E-state index in [9.17, 15) is 14.7 Å². The van der Waals surface area contributed by atoms with E-state index in [1.807, 2.05) is 0 Å². The lowest BCUT2D eigenvalue weighted by Gasteiger charge is -2.59. The van der Waals surface area contributed by atoms with E-state index in [0.29, 0.717) is 24.5 Å². The summed E-state index contributed by atoms with van der Waals surface area (Å²) < 4.78 is 0. The summed E-state index contributed by atoms with van der Waals surface area (Å²) in [5.41, 5.74) is -1.12. The Kier molecular flexibility index (Phi) is 1.71. The van der Waals surface area contributed by atoms with Gasteiger partial charge in [-0.05, 0) is 50.4 Å². The van der Waals surface area contributed by atoms with Gasteiger partial charge in [0, 0.05) is 5.41 Å². The zero-order valence-corrected chi connectivity index (χ0v) is 8.74. The molecule has 4 aliphatic carbocycles. The first-order valence-corrected chi connectivity index (χ1v) is 5.77. The second-order valence-corrected chi connectivity index (χ2v) is 5.95. The van der Waals surface area contributed by atoms with Gasteiger partial charge in [-0.15, -0.1) is 0 Å². The van der Waals surface area contributed by atoms with Crippen LogP contribution in [0.25, 0.3) is 0 Å². The molecule has 4 fully saturated rings. The summed E-state index contributed by atoms with van der Waals surface area (Å²) in [6.07, 6.45) is 5.51. The Labute approximate surface area is 88.9 Å². The maximum atomic E-state index is 11.7. The molecule has 0 aromatic heterocycles. The van der Waals surface area contributed by atoms with Crippen LogP contribution in [0, 0.1) is 17.3 Å². The lowest BCUT2D eigenvalue weighted by Crippen LogP contribution is -2.58. The lowest BCUT2D eigenvalue weighted by molar-refractivity contribution is -0.176. The van der Waals surface area contributed by atoms with E-state index in [1.165, 1.54) is 0 Å². The minimum absolute atomic E-state index is 0.268. The van der Waals surface area contributed by atoms with Gasteiger partial charge in [0.25, 0.3) is 0 Å². The first-order valence-electron chi connectivity index (χ1n) is 5.77. The fraction of sp³-hybridized carbons (Fsp3) is 0.833. The standard InChI is InChI=1S/C12H16O3/c13-6-10(14)11-2-8-1-9(3-11)5-12(15,4-8)7-11/h6,8-9,15H,1-5,7H2. The van der Waals surface area contributed by atoms with Crippen LogP contribution in [0.15, 0.2) is 0 Å². The number of hydrogen-bond acceptors (Lipinski definition) is 3. The molecular formula is C12H16O3. The first-order chi connectivity index (χ1) is 7.05. The predicted molar refractivity (Wildman–Crippen MR) is 53.1 cm³/mol. The molecule has 2 atom stereocenters. The zero-order chi connectivity index (χ0) is 10.7. The molecule has 0 spiro atoms. The van der Waals surface area contributed by atoms with Gasteiger partial charge >= 0.3 is 0 Å². The largest absolute Gasteiger partial charge is 0.390 e. The highest BCUT2D eigenvalue weighted by atomic mass is 16.3. The maximum absolute atomic E-state index is 11.7. The number of ketones is 1. The Bertz CT molecular complexity index is 320. The van der Waals surface area contributed by atoms with Crippen molar-refractivity contribution in [2.45, 2.75) is 44.1 Å². The molecular weight excluding hydrogens is 192 g/mol. The van der Waals surface area contributed by atoms with Crippen molar-refractivity contribution in [3.8, 4) is 0 Å². The number of aliphatic hydroxyl groups is 1. The number of carbonyl (C=O) groups excluding carboxylic acids is 2. The van der Waals surface area contributed by atoms with Crippen molar-refractivity contribution in [2.75, 3.05) is 0 Å². The van der Waals surface area contributed by atoms with Crippen LogP contribution in [-0.4, -0.2) is 22.8 Å². The van der Waals surface area contributed by atoms with E-state index in [-0.39, 0.29) is 5.78 Å². The van der Waals surface area contributed by atoms with Crippen LogP contribution < -0.4 is 0 Å². The molecule has 4 rings (SSSR count). The van der Waals surface area contributed by atoms with Crippen molar-refractivity contribution in [2.24, 2.45) is 17.3 Å². The molecule has 0 aromatic carbocycles. The summed E-state index contributed by atoms with van der Waals surface area (Å²) in [6.45, 7) is 0. The van der Waals surface area contributed by atoms with Gasteiger partial charge in [0.05, 0.1) is 5.60 Å². The van der Waals surface area contributed by atoms with E-state index in [4.69, 9.17) is 0 Å². The Morgan fingerprint density at radius 3 is 2.27 bits per heavy atom. The van der Waals surface area contributed by atoms with Crippen molar-refractivity contribution in [1.82, 2.24) is 0 Å². The lowest BCUT2D eigenvalue weighted by atomic mass is 9.47. The molecule has 0 radical (unpaired) electrons. The van der Waals surface area contributed by atoms with Crippen LogP contribution in [0.1, 0.15) is 38.5 Å². The van der Waals surface area contributed by atoms with E-state index in [2.05, 4.69) is 0 Å². The van der Waals surface area contributed by atoms with E-state index in [0.717, 1.165) is 32.1 Å². The summed E-state index contributed by atoms with van der Waals surface area (Å²) in [6, 6.07) is 0. The van der Waals surface area contributed by atoms with Crippen LogP contribution in [-0.2, 0) is 9.59 Å². The summed E-state index contributed by atoms with van der Waals surface area (Å²) in [5.74, 6) is 0.676. The van der Waals surface area contributed by atoms with Gasteiger partial charge in [-0.2, -0.15) is 0 Å². The Morgan fingerprint density at radius 1 is 1.20 bits per heavy atom. The van der Waals surface area contributed by atoms with Crippen LogP contribution in [0.2, 0.25) is 0 Å². The normalized spacial score (nSPS) is 51.8. The van der Waals surface area contributed by atoms with Crippen LogP contribution in [0.4, 0.5) is 0 Å². The molecule has 0 aliphatic heterocycles. The quantitative estimate of drug-likeness (QED) is 0.546. The van der Waals surface area contributed by atoms with Gasteiger partial charge in [-0.1, -0.05) is 0 Å². The van der Waals surface area contributed by atoms with Gasteiger partial charge in [0.2, 0.25) is 5.78 Å². The summed E-state index contributed by atoms with van der Waals surface area (Å²) >= 11 is 0. The average molecular weight is 208 g/mol. The highest BCUT2D eigenvalue weighted by Gasteiger charge is 2.59. The van der Waals surface area contributed by atoms with Crippen molar-refractivity contribution in [1.29, 1.82) is 0 Å². The first kappa shape index (κ1) is 9.52. The monoisotopic (exact) mass is 208 g/mol. The van der Waals surface area contributed by atoms with Crippen LogP contribution in [0.3, 0.4) is 0 Å². The zero-order valence-electron chi connectivity index (χ0n) is 8.74. The number of Topliss-reactive ketones (excluding diaryl/α,β-unsaturated/α-hetero) is 1. The molecule has 3 heteroatoms. The minimum Gasteiger partial charge on any atom is -0.390 e. The molecule has 4 saturated carbocycles. The van der Waals surface area contributed by atoms with Crippen molar-refractivity contribution in [3.05, 3.63) is 0 Å². The van der Waals surface area contributed by atoms with Gasteiger partial charge in [-0.25, -0.2) is 0 Å². The second-order valence-electron chi connectivity index (χ2n) is 5.95. The van der Waals surface area contributed by atoms with Crippen molar-refractivity contribution >= 4 is 12.1 Å². The van der Waals surface area contributed by atoms with E-state index in [1.54, 1.807) is 0 Å². The Hall–Kier alpha value is -0.700. The minimum atomic E-state index is -0.636. The third-order valence-corrected chi connectivity index (χ3v) is 4.66. The third kappa shape index (κ3) is 1.22. The highest BCUT2D eigenvalue weighted by Crippen LogP contribution is 2.61. The maximum Gasteiger partial charge on any atom is 0.201 e. The van der Waals surface area contributed by atoms with Crippen LogP contribution in [0.5, 0.6) is 0 Å². The van der Waals surface area contributed by atoms with Gasteiger partial charge in [0.1, 0.15) is 0 Å². The Morgan fingerprint density at radius 2 is 1.80 bits per heavy atom. The molecule has 0 saturated heterocycles. The molecule has 1 N–H and O–H groups in total. The summed E-state index contributed by atoms with van der Waals surface area (Å²) in [7, 11) is 0. The second kappa shape index (κ2) is 2.70. The van der Waals surface area contributed by atoms with Gasteiger partial charge < -0.3 is 5.11 Å². The number of aldehydes is 1. The average Bonchev–Trinajstić information content (AvgIpc) is 2.12. The molecule has 2 unspecified atom stereocenters. The number of hydrogen-bond donors (Lipinski definition) is 1. The van der Waals surface area contributed by atoms with Gasteiger partial charge in [-0.3, -0.25) is 9.59 Å². The third-order valence-electron chi connectivity index (χ3n) is 4.66. The van der Waals surface area contributed by atoms with Gasteiger partial charge in [0.15, 0.2) is 6.29 Å². The number of carbonyl (C=O) groups is 2. The van der Waals surface area contributed by atoms with E-state index < -0.39 is 11.0 Å². The summed E-state index contributed by atoms with van der Waals surface area (Å²) in [4.78, 5) is 22.4. The van der Waals surface area contributed by atoms with Crippen molar-refractivity contribution < 1.29 is 14.7 Å². The molecule has 4 aliphatic rings. The molecule has 3 nitrogen and oxygen atoms in total. The van der Waals surface area contributed by atoms with Crippen LogP contribution >= 0.6 is 0 Å². The highest BCUT2D eigenvalue weighted by molar-refractivity contribution is 6.27. The molecule has 82 valence electrons. The SMILES string of the molecule is O=CC(=O)C12CC3CC(CC(O)(C3)C1)C2. The fourth-order valence-corrected chi connectivity index (χ4v) is 4.63. The topological polar surface area (TPSA) is 54.4 Å². The molecule has 0 aromatic rings. The van der Waals surface area contributed by atoms with Crippen molar-refractivity contribution in [3.63, 3.8) is 0 Å². The molecule has 0 heterocycles. The fourth-order valence-electron chi connectivity index (χ4n) is 4.63. The predicted octanol–water partition coefficient (Wildman–Crippen LogP) is 1.09. The Balaban J connectivity index is 1.99.